The number of hydrogen-bond acceptors (Lipinski definition) is 15. The highest BCUT2D eigenvalue weighted by atomic mass is 32.2. The molecule has 1 fully saturated rings. The van der Waals surface area contributed by atoms with Crippen molar-refractivity contribution in [3.8, 4) is 0 Å². The van der Waals surface area contributed by atoms with Crippen LogP contribution >= 0.6 is 35.1 Å². The average molecular weight is 666 g/mol. The van der Waals surface area contributed by atoms with Crippen LogP contribution in [0.2, 0.25) is 0 Å². The lowest BCUT2D eigenvalue weighted by molar-refractivity contribution is -0.174. The number of thioether (sulfide) groups is 2. The van der Waals surface area contributed by atoms with E-state index >= 15 is 0 Å². The van der Waals surface area contributed by atoms with Crippen molar-refractivity contribution in [3.05, 3.63) is 17.6 Å². The molecule has 0 bridgehead atoms. The molecule has 1 unspecified atom stereocenters. The topological polar surface area (TPSA) is 205 Å². The molecule has 2 aliphatic rings. The molecule has 4 heterocycles. The molecule has 0 spiro atoms. The number of rotatable bonds is 11. The smallest absolute Gasteiger partial charge is 0.425 e. The SMILES string of the molecule is CC(C)(C)OC(=O)NCCn1nnnc1SCC1=CN2C(=O)C(NC(=O)C(=NOCC(F)(F)F)c3nsc(N)n3)[C@H]2SC1. The number of anilines is 1. The lowest BCUT2D eigenvalue weighted by Gasteiger charge is -2.47. The van der Waals surface area contributed by atoms with Crippen LogP contribution in [0.5, 0.6) is 0 Å². The van der Waals surface area contributed by atoms with Gasteiger partial charge in [-0.1, -0.05) is 16.9 Å². The van der Waals surface area contributed by atoms with Gasteiger partial charge in [-0.15, -0.1) is 16.9 Å². The molecule has 0 aliphatic carbocycles. The number of β-lactam (4-membered cyclic amide) rings is 1. The number of nitrogens with two attached hydrogens (primary N) is 1. The number of ether oxygens (including phenoxy) is 1. The summed E-state index contributed by atoms with van der Waals surface area (Å²) in [6.45, 7) is 4.11. The molecule has 4 rings (SSSR count). The van der Waals surface area contributed by atoms with E-state index < -0.39 is 53.4 Å². The Labute approximate surface area is 254 Å². The van der Waals surface area contributed by atoms with Gasteiger partial charge in [0.25, 0.3) is 11.8 Å². The van der Waals surface area contributed by atoms with E-state index in [0.717, 1.165) is 5.57 Å². The summed E-state index contributed by atoms with van der Waals surface area (Å²) in [6, 6.07) is -0.962. The largest absolute Gasteiger partial charge is 0.444 e. The predicted molar refractivity (Wildman–Crippen MR) is 149 cm³/mol. The zero-order chi connectivity index (χ0) is 31.4. The summed E-state index contributed by atoms with van der Waals surface area (Å²) < 4.78 is 48.0. The monoisotopic (exact) mass is 665 g/mol. The van der Waals surface area contributed by atoms with E-state index in [1.54, 1.807) is 27.0 Å². The van der Waals surface area contributed by atoms with Gasteiger partial charge in [0.1, 0.15) is 17.0 Å². The number of alkyl carbamates (subject to hydrolysis) is 1. The van der Waals surface area contributed by atoms with Gasteiger partial charge < -0.3 is 30.8 Å². The highest BCUT2D eigenvalue weighted by Crippen LogP contribution is 2.37. The summed E-state index contributed by atoms with van der Waals surface area (Å²) in [5.41, 5.74) is 5.16. The molecule has 2 aliphatic heterocycles. The molecule has 22 heteroatoms. The summed E-state index contributed by atoms with van der Waals surface area (Å²) in [5.74, 6) is -0.756. The van der Waals surface area contributed by atoms with Gasteiger partial charge in [-0.3, -0.25) is 9.59 Å². The Kier molecular flexibility index (Phi) is 10.00. The number of fused-ring (bicyclic) bond motifs is 1. The van der Waals surface area contributed by atoms with Gasteiger partial charge in [-0.05, 0) is 36.8 Å². The molecule has 4 N–H and O–H groups in total. The first-order valence-corrected chi connectivity index (χ1v) is 15.2. The van der Waals surface area contributed by atoms with Crippen LogP contribution in [0.3, 0.4) is 0 Å². The van der Waals surface area contributed by atoms with Gasteiger partial charge in [0.2, 0.25) is 23.3 Å². The first-order valence-electron chi connectivity index (χ1n) is 12.4. The first-order chi connectivity index (χ1) is 20.2. The molecule has 43 heavy (non-hydrogen) atoms. The number of nitrogen functional groups attached to an aromatic ring is 1. The van der Waals surface area contributed by atoms with Crippen LogP contribution in [0.1, 0.15) is 26.6 Å². The highest BCUT2D eigenvalue weighted by Gasteiger charge is 2.50. The molecule has 1 saturated heterocycles. The Morgan fingerprint density at radius 3 is 2.74 bits per heavy atom. The van der Waals surface area contributed by atoms with Crippen LogP contribution in [0.25, 0.3) is 0 Å². The number of nitrogens with zero attached hydrogens (tertiary/aromatic N) is 8. The van der Waals surface area contributed by atoms with Crippen LogP contribution in [0.15, 0.2) is 22.1 Å². The second kappa shape index (κ2) is 13.3. The van der Waals surface area contributed by atoms with Crippen molar-refractivity contribution >= 4 is 63.8 Å². The van der Waals surface area contributed by atoms with E-state index in [4.69, 9.17) is 10.5 Å². The molecule has 3 amide bonds. The molecule has 0 radical (unpaired) electrons. The Morgan fingerprint density at radius 2 is 2.07 bits per heavy atom. The van der Waals surface area contributed by atoms with Gasteiger partial charge >= 0.3 is 12.3 Å². The third-order valence-corrected chi connectivity index (χ3v) is 8.24. The van der Waals surface area contributed by atoms with Crippen molar-refractivity contribution in [3.63, 3.8) is 0 Å². The first kappa shape index (κ1) is 32.3. The van der Waals surface area contributed by atoms with E-state index in [1.807, 2.05) is 0 Å². The highest BCUT2D eigenvalue weighted by molar-refractivity contribution is 8.01. The standard InChI is InChI=1S/C21H26F3N11O5S3/c1-20(2,3)40-19(38)26-4-5-35-18(29-32-33-35)42-8-10-6-34-15(37)12(16(34)41-7-10)27-14(36)11(13-28-17(25)43-31-13)30-39-9-21(22,23)24/h6,12,16H,4-5,7-9H2,1-3H3,(H,26,38)(H,27,36)(H2,25,28,31)/t12?,16-/m1/s1. The minimum atomic E-state index is -4.68. The maximum atomic E-state index is 12.9. The zero-order valence-electron chi connectivity index (χ0n) is 22.8. The second-order valence-electron chi connectivity index (χ2n) is 9.87. The molecule has 2 aromatic rings. The quantitative estimate of drug-likeness (QED) is 0.133. The van der Waals surface area contributed by atoms with Gasteiger partial charge in [-0.2, -0.15) is 22.5 Å². The molecule has 2 aromatic heterocycles. The van der Waals surface area contributed by atoms with Crippen LogP contribution in [0, 0.1) is 0 Å². The van der Waals surface area contributed by atoms with Crippen molar-refractivity contribution in [1.29, 1.82) is 0 Å². The van der Waals surface area contributed by atoms with Crippen molar-refractivity contribution in [2.24, 2.45) is 5.16 Å². The van der Waals surface area contributed by atoms with Crippen LogP contribution in [-0.4, -0.2) is 106 Å². The molecular formula is C21H26F3N11O5S3. The maximum absolute atomic E-state index is 12.9. The fourth-order valence-corrected chi connectivity index (χ4v) is 6.20. The van der Waals surface area contributed by atoms with Gasteiger partial charge in [-0.25, -0.2) is 9.48 Å². The summed E-state index contributed by atoms with van der Waals surface area (Å²) in [7, 11) is 0. The fraction of sp³-hybridized carbons (Fsp3) is 0.571. The number of oxime groups is 1. The van der Waals surface area contributed by atoms with E-state index in [9.17, 15) is 27.6 Å². The summed E-state index contributed by atoms with van der Waals surface area (Å²) in [4.78, 5) is 47.0. The molecule has 0 saturated carbocycles. The molecule has 2 atom stereocenters. The second-order valence-corrected chi connectivity index (χ2v) is 12.7. The van der Waals surface area contributed by atoms with Crippen molar-refractivity contribution < 1.29 is 37.1 Å². The molecule has 0 aromatic carbocycles. The Morgan fingerprint density at radius 1 is 1.30 bits per heavy atom. The van der Waals surface area contributed by atoms with E-state index in [-0.39, 0.29) is 17.5 Å². The maximum Gasteiger partial charge on any atom is 0.425 e. The van der Waals surface area contributed by atoms with E-state index in [2.05, 4.69) is 45.5 Å². The van der Waals surface area contributed by atoms with Crippen LogP contribution in [-0.2, 0) is 25.7 Å². The van der Waals surface area contributed by atoms with Crippen molar-refractivity contribution in [2.45, 2.75) is 55.7 Å². The Balaban J connectivity index is 1.30. The van der Waals surface area contributed by atoms with Gasteiger partial charge in [0.15, 0.2) is 5.13 Å². The van der Waals surface area contributed by atoms with Crippen LogP contribution in [0.4, 0.5) is 23.1 Å². The number of amides is 3. The average Bonchev–Trinajstić information content (AvgIpc) is 3.55. The number of carbonyl (C=O) groups is 3. The molecule has 16 nitrogen and oxygen atoms in total. The Hall–Kier alpha value is -3.66. The molecular weight excluding hydrogens is 639 g/mol. The lowest BCUT2D eigenvalue weighted by atomic mass is 10.1. The summed E-state index contributed by atoms with van der Waals surface area (Å²) in [5, 5.41) is 20.0. The van der Waals surface area contributed by atoms with Crippen LogP contribution < -0.4 is 16.4 Å². The minimum Gasteiger partial charge on any atom is -0.444 e. The number of carbonyl (C=O) groups excluding carboxylic acids is 3. The van der Waals surface area contributed by atoms with Crippen molar-refractivity contribution in [1.82, 2.24) is 45.1 Å². The molecule has 234 valence electrons. The lowest BCUT2D eigenvalue weighted by Crippen LogP contribution is -2.69. The number of alkyl halides is 3. The van der Waals surface area contributed by atoms with E-state index in [1.165, 1.54) is 33.1 Å². The number of tetrazole rings is 1. The van der Waals surface area contributed by atoms with Crippen molar-refractivity contribution in [2.75, 3.05) is 30.4 Å². The van der Waals surface area contributed by atoms with Gasteiger partial charge in [0, 0.05) is 35.8 Å². The summed E-state index contributed by atoms with van der Waals surface area (Å²) >= 11 is 3.44. The third-order valence-electron chi connectivity index (χ3n) is 5.26. The third kappa shape index (κ3) is 8.92. The number of hydrogen-bond donors (Lipinski definition) is 3. The Bertz CT molecular complexity index is 1410. The predicted octanol–water partition coefficient (Wildman–Crippen LogP) is 0.991. The number of nitrogens with one attached hydrogen (secondary N) is 2. The normalized spacial score (nSPS) is 18.8. The number of halogens is 3. The fourth-order valence-electron chi connectivity index (χ4n) is 3.51. The summed E-state index contributed by atoms with van der Waals surface area (Å²) in [6.07, 6.45) is -3.55. The van der Waals surface area contributed by atoms with E-state index in [0.29, 0.717) is 34.7 Å². The van der Waals surface area contributed by atoms with Gasteiger partial charge in [0.05, 0.1) is 6.54 Å². The zero-order valence-corrected chi connectivity index (χ0v) is 25.3. The number of aromatic nitrogens is 6. The minimum absolute atomic E-state index is 0.0397.